The van der Waals surface area contributed by atoms with Crippen LogP contribution in [0.3, 0.4) is 0 Å². The van der Waals surface area contributed by atoms with E-state index in [1.807, 2.05) is 0 Å². The normalized spacial score (nSPS) is 11.9. The zero-order valence-electron chi connectivity index (χ0n) is 11.1. The summed E-state index contributed by atoms with van der Waals surface area (Å²) in [4.78, 5) is 22.2. The highest BCUT2D eigenvalue weighted by atomic mass is 35.5. The molecule has 0 amide bonds. The molecule has 1 rings (SSSR count). The van der Waals surface area contributed by atoms with E-state index in [2.05, 4.69) is 0 Å². The lowest BCUT2D eigenvalue weighted by atomic mass is 9.96. The molecule has 0 aliphatic carbocycles. The predicted molar refractivity (Wildman–Crippen MR) is 73.5 cm³/mol. The fourth-order valence-electron chi connectivity index (χ4n) is 1.83. The second-order valence-corrected chi connectivity index (χ2v) is 4.48. The van der Waals surface area contributed by atoms with E-state index in [9.17, 15) is 14.7 Å². The number of alkyl halides is 1. The SMILES string of the molecule is CCOC(=O)CCc1cc(CCl)ccc1C(O)C(=O)O. The van der Waals surface area contributed by atoms with Crippen molar-refractivity contribution >= 4 is 23.5 Å². The molecule has 0 heterocycles. The molecule has 0 fully saturated rings. The van der Waals surface area contributed by atoms with Gasteiger partial charge in [-0.15, -0.1) is 11.6 Å². The topological polar surface area (TPSA) is 83.8 Å². The third kappa shape index (κ3) is 4.51. The zero-order valence-corrected chi connectivity index (χ0v) is 11.9. The molecule has 110 valence electrons. The molecule has 5 nitrogen and oxygen atoms in total. The van der Waals surface area contributed by atoms with Crippen molar-refractivity contribution in [3.05, 3.63) is 34.9 Å². The Bertz CT molecular complexity index is 486. The van der Waals surface area contributed by atoms with Crippen molar-refractivity contribution in [2.75, 3.05) is 6.61 Å². The Morgan fingerprint density at radius 1 is 1.40 bits per heavy atom. The molecule has 20 heavy (non-hydrogen) atoms. The van der Waals surface area contributed by atoms with Crippen molar-refractivity contribution in [2.24, 2.45) is 0 Å². The molecular weight excluding hydrogens is 284 g/mol. The fourth-order valence-corrected chi connectivity index (χ4v) is 1.99. The van der Waals surface area contributed by atoms with Crippen LogP contribution in [0, 0.1) is 0 Å². The van der Waals surface area contributed by atoms with Crippen LogP contribution in [0.25, 0.3) is 0 Å². The molecule has 0 saturated heterocycles. The summed E-state index contributed by atoms with van der Waals surface area (Å²) < 4.78 is 4.82. The Hall–Kier alpha value is -1.59. The van der Waals surface area contributed by atoms with Crippen LogP contribution in [0.1, 0.15) is 36.1 Å². The van der Waals surface area contributed by atoms with Gasteiger partial charge in [-0.1, -0.05) is 18.2 Å². The van der Waals surface area contributed by atoms with Crippen molar-refractivity contribution in [1.82, 2.24) is 0 Å². The summed E-state index contributed by atoms with van der Waals surface area (Å²) in [5, 5.41) is 18.5. The van der Waals surface area contributed by atoms with E-state index in [0.29, 0.717) is 18.6 Å². The molecule has 1 unspecified atom stereocenters. The highest BCUT2D eigenvalue weighted by molar-refractivity contribution is 6.17. The van der Waals surface area contributed by atoms with E-state index < -0.39 is 12.1 Å². The van der Waals surface area contributed by atoms with E-state index >= 15 is 0 Å². The number of halogens is 1. The smallest absolute Gasteiger partial charge is 0.337 e. The summed E-state index contributed by atoms with van der Waals surface area (Å²) in [5.41, 5.74) is 1.66. The number of esters is 1. The van der Waals surface area contributed by atoms with Crippen molar-refractivity contribution in [1.29, 1.82) is 0 Å². The van der Waals surface area contributed by atoms with Gasteiger partial charge in [0.25, 0.3) is 0 Å². The minimum atomic E-state index is -1.61. The lowest BCUT2D eigenvalue weighted by molar-refractivity contribution is -0.147. The maximum absolute atomic E-state index is 11.4. The van der Waals surface area contributed by atoms with Gasteiger partial charge in [-0.25, -0.2) is 4.79 Å². The number of hydrogen-bond donors (Lipinski definition) is 2. The second kappa shape index (κ2) is 7.87. The van der Waals surface area contributed by atoms with Gasteiger partial charge in [-0.05, 0) is 30.0 Å². The first-order chi connectivity index (χ1) is 9.49. The standard InChI is InChI=1S/C14H17ClO5/c1-2-20-12(16)6-4-10-7-9(8-15)3-5-11(10)13(17)14(18)19/h3,5,7,13,17H,2,4,6,8H2,1H3,(H,18,19). The molecule has 0 aliphatic heterocycles. The summed E-state index contributed by atoms with van der Waals surface area (Å²) in [6.07, 6.45) is -1.20. The lowest BCUT2D eigenvalue weighted by Crippen LogP contribution is -2.14. The maximum Gasteiger partial charge on any atom is 0.337 e. The van der Waals surface area contributed by atoms with E-state index in [4.69, 9.17) is 21.4 Å². The van der Waals surface area contributed by atoms with Gasteiger partial charge in [0, 0.05) is 12.3 Å². The quantitative estimate of drug-likeness (QED) is 0.594. The first-order valence-electron chi connectivity index (χ1n) is 6.23. The first-order valence-corrected chi connectivity index (χ1v) is 6.77. The number of carbonyl (C=O) groups excluding carboxylic acids is 1. The number of ether oxygens (including phenoxy) is 1. The molecule has 6 heteroatoms. The Labute approximate surface area is 122 Å². The molecule has 0 bridgehead atoms. The average Bonchev–Trinajstić information content (AvgIpc) is 2.44. The van der Waals surface area contributed by atoms with Crippen molar-refractivity contribution in [3.8, 4) is 0 Å². The number of aliphatic hydroxyl groups excluding tert-OH is 1. The molecule has 2 N–H and O–H groups in total. The number of hydrogen-bond acceptors (Lipinski definition) is 4. The molecule has 0 spiro atoms. The van der Waals surface area contributed by atoms with Gasteiger partial charge in [0.15, 0.2) is 6.10 Å². The Kier molecular flexibility index (Phi) is 6.48. The molecule has 1 aromatic carbocycles. The molecule has 1 aromatic rings. The van der Waals surface area contributed by atoms with Crippen LogP contribution in [0.5, 0.6) is 0 Å². The van der Waals surface area contributed by atoms with Crippen LogP contribution in [-0.4, -0.2) is 28.8 Å². The number of carbonyl (C=O) groups is 2. The highest BCUT2D eigenvalue weighted by Crippen LogP contribution is 2.22. The minimum absolute atomic E-state index is 0.124. The number of aryl methyl sites for hydroxylation is 1. The number of carboxylic acid groups (broad SMARTS) is 1. The van der Waals surface area contributed by atoms with Crippen LogP contribution in [0.2, 0.25) is 0 Å². The van der Waals surface area contributed by atoms with Gasteiger partial charge in [0.05, 0.1) is 6.61 Å². The highest BCUT2D eigenvalue weighted by Gasteiger charge is 2.20. The number of aliphatic hydroxyl groups is 1. The lowest BCUT2D eigenvalue weighted by Gasteiger charge is -2.13. The molecule has 1 atom stereocenters. The first kappa shape index (κ1) is 16.5. The van der Waals surface area contributed by atoms with Crippen LogP contribution in [0.15, 0.2) is 18.2 Å². The Morgan fingerprint density at radius 2 is 2.10 bits per heavy atom. The molecule has 0 saturated carbocycles. The van der Waals surface area contributed by atoms with E-state index in [1.165, 1.54) is 6.07 Å². The van der Waals surface area contributed by atoms with Gasteiger partial charge in [-0.3, -0.25) is 4.79 Å². The molecule has 0 aromatic heterocycles. The van der Waals surface area contributed by atoms with E-state index in [0.717, 1.165) is 5.56 Å². The average molecular weight is 301 g/mol. The Balaban J connectivity index is 2.94. The predicted octanol–water partition coefficient (Wildman–Crippen LogP) is 2.04. The van der Waals surface area contributed by atoms with Gasteiger partial charge in [0.1, 0.15) is 0 Å². The van der Waals surface area contributed by atoms with Gasteiger partial charge in [0.2, 0.25) is 0 Å². The van der Waals surface area contributed by atoms with Crippen molar-refractivity contribution < 1.29 is 24.5 Å². The maximum atomic E-state index is 11.4. The third-order valence-electron chi connectivity index (χ3n) is 2.79. The Morgan fingerprint density at radius 3 is 2.65 bits per heavy atom. The van der Waals surface area contributed by atoms with Gasteiger partial charge >= 0.3 is 11.9 Å². The number of aliphatic carboxylic acids is 1. The van der Waals surface area contributed by atoms with Gasteiger partial charge in [-0.2, -0.15) is 0 Å². The summed E-state index contributed by atoms with van der Waals surface area (Å²) in [6.45, 7) is 2.01. The van der Waals surface area contributed by atoms with Crippen LogP contribution in [-0.2, 0) is 26.6 Å². The summed E-state index contributed by atoms with van der Waals surface area (Å²) in [6, 6.07) is 4.88. The fraction of sp³-hybridized carbons (Fsp3) is 0.429. The zero-order chi connectivity index (χ0) is 15.1. The summed E-state index contributed by atoms with van der Waals surface area (Å²) in [5.74, 6) is -1.42. The number of rotatable bonds is 7. The largest absolute Gasteiger partial charge is 0.479 e. The summed E-state index contributed by atoms with van der Waals surface area (Å²) in [7, 11) is 0. The monoisotopic (exact) mass is 300 g/mol. The van der Waals surface area contributed by atoms with Crippen LogP contribution in [0.4, 0.5) is 0 Å². The minimum Gasteiger partial charge on any atom is -0.479 e. The third-order valence-corrected chi connectivity index (χ3v) is 3.10. The van der Waals surface area contributed by atoms with E-state index in [1.54, 1.807) is 19.1 Å². The second-order valence-electron chi connectivity index (χ2n) is 4.21. The molecule has 0 radical (unpaired) electrons. The van der Waals surface area contributed by atoms with Crippen LogP contribution >= 0.6 is 11.6 Å². The molecular formula is C14H17ClO5. The van der Waals surface area contributed by atoms with E-state index in [-0.39, 0.29) is 23.8 Å². The van der Waals surface area contributed by atoms with Crippen LogP contribution < -0.4 is 0 Å². The number of carboxylic acids is 1. The van der Waals surface area contributed by atoms with Gasteiger partial charge < -0.3 is 14.9 Å². The summed E-state index contributed by atoms with van der Waals surface area (Å²) >= 11 is 5.74. The van der Waals surface area contributed by atoms with Crippen molar-refractivity contribution in [3.63, 3.8) is 0 Å². The molecule has 0 aliphatic rings. The van der Waals surface area contributed by atoms with Crippen molar-refractivity contribution in [2.45, 2.75) is 31.7 Å². The number of benzene rings is 1.